The van der Waals surface area contributed by atoms with Crippen LogP contribution in [-0.2, 0) is 9.59 Å². The lowest BCUT2D eigenvalue weighted by atomic mass is 10.0. The van der Waals surface area contributed by atoms with Gasteiger partial charge in [-0.25, -0.2) is 0 Å². The van der Waals surface area contributed by atoms with Gasteiger partial charge in [-0.15, -0.1) is 0 Å². The molecule has 8 heteroatoms. The van der Waals surface area contributed by atoms with Crippen molar-refractivity contribution in [1.82, 2.24) is 5.32 Å². The van der Waals surface area contributed by atoms with Crippen LogP contribution in [0.3, 0.4) is 0 Å². The summed E-state index contributed by atoms with van der Waals surface area (Å²) in [5.74, 6) is 0.131. The quantitative estimate of drug-likeness (QED) is 0.658. The van der Waals surface area contributed by atoms with E-state index in [1.54, 1.807) is 41.3 Å². The van der Waals surface area contributed by atoms with Crippen molar-refractivity contribution in [3.05, 3.63) is 48.0 Å². The lowest BCUT2D eigenvalue weighted by Crippen LogP contribution is -2.47. The number of anilines is 2. The van der Waals surface area contributed by atoms with Crippen LogP contribution in [0, 0.1) is 5.92 Å². The zero-order valence-electron chi connectivity index (χ0n) is 18.8. The van der Waals surface area contributed by atoms with Gasteiger partial charge in [0.05, 0.1) is 14.2 Å². The molecule has 0 aromatic heterocycles. The van der Waals surface area contributed by atoms with E-state index in [4.69, 9.17) is 9.47 Å². The van der Waals surface area contributed by atoms with Crippen LogP contribution in [0.5, 0.6) is 11.5 Å². The highest BCUT2D eigenvalue weighted by molar-refractivity contribution is 6.02. The Morgan fingerprint density at radius 2 is 1.72 bits per heavy atom. The fraction of sp³-hybridized carbons (Fsp3) is 0.375. The van der Waals surface area contributed by atoms with Crippen LogP contribution in [0.2, 0.25) is 0 Å². The van der Waals surface area contributed by atoms with Gasteiger partial charge in [0.2, 0.25) is 11.8 Å². The molecule has 0 unspecified atom stereocenters. The van der Waals surface area contributed by atoms with Gasteiger partial charge in [0.25, 0.3) is 5.91 Å². The summed E-state index contributed by atoms with van der Waals surface area (Å²) < 4.78 is 10.4. The van der Waals surface area contributed by atoms with Crippen molar-refractivity contribution in [1.29, 1.82) is 0 Å². The molecule has 2 aromatic carbocycles. The molecule has 1 heterocycles. The fourth-order valence-electron chi connectivity index (χ4n) is 3.59. The molecule has 1 atom stereocenters. The normalized spacial score (nSPS) is 14.3. The van der Waals surface area contributed by atoms with Gasteiger partial charge in [0.1, 0.15) is 17.5 Å². The number of amides is 3. The third kappa shape index (κ3) is 5.38. The molecule has 0 bridgehead atoms. The Hall–Kier alpha value is -3.55. The molecule has 170 valence electrons. The van der Waals surface area contributed by atoms with E-state index in [9.17, 15) is 14.4 Å². The highest BCUT2D eigenvalue weighted by Gasteiger charge is 2.26. The van der Waals surface area contributed by atoms with Crippen molar-refractivity contribution in [2.75, 3.05) is 31.0 Å². The summed E-state index contributed by atoms with van der Waals surface area (Å²) in [6.45, 7) is 4.39. The minimum Gasteiger partial charge on any atom is -0.497 e. The van der Waals surface area contributed by atoms with Crippen molar-refractivity contribution in [3.8, 4) is 11.5 Å². The SMILES string of the molecule is COc1cc(OC)cc(C(=O)N[C@H](C(=O)Nc2cccc(N3CCCC3=O)c2)C(C)C)c1. The molecule has 1 aliphatic heterocycles. The summed E-state index contributed by atoms with van der Waals surface area (Å²) in [4.78, 5) is 39.6. The van der Waals surface area contributed by atoms with E-state index in [2.05, 4.69) is 10.6 Å². The number of carbonyl (C=O) groups is 3. The first-order valence-electron chi connectivity index (χ1n) is 10.6. The molecule has 2 aromatic rings. The Balaban J connectivity index is 1.74. The van der Waals surface area contributed by atoms with Crippen molar-refractivity contribution in [2.45, 2.75) is 32.7 Å². The second-order valence-electron chi connectivity index (χ2n) is 7.98. The van der Waals surface area contributed by atoms with E-state index in [-0.39, 0.29) is 17.7 Å². The molecule has 1 fully saturated rings. The summed E-state index contributed by atoms with van der Waals surface area (Å²) in [5.41, 5.74) is 1.64. The average Bonchev–Trinajstić information content (AvgIpc) is 3.22. The highest BCUT2D eigenvalue weighted by Crippen LogP contribution is 2.25. The predicted molar refractivity (Wildman–Crippen MR) is 122 cm³/mol. The van der Waals surface area contributed by atoms with E-state index in [1.165, 1.54) is 14.2 Å². The number of methoxy groups -OCH3 is 2. The van der Waals surface area contributed by atoms with E-state index in [1.807, 2.05) is 19.9 Å². The molecular weight excluding hydrogens is 410 g/mol. The number of rotatable bonds is 8. The van der Waals surface area contributed by atoms with Crippen molar-refractivity contribution in [2.24, 2.45) is 5.92 Å². The Morgan fingerprint density at radius 1 is 1.03 bits per heavy atom. The van der Waals surface area contributed by atoms with E-state index in [0.717, 1.165) is 12.1 Å². The number of benzene rings is 2. The van der Waals surface area contributed by atoms with Crippen LogP contribution in [0.15, 0.2) is 42.5 Å². The lowest BCUT2D eigenvalue weighted by molar-refractivity contribution is -0.119. The number of hydrogen-bond acceptors (Lipinski definition) is 5. The smallest absolute Gasteiger partial charge is 0.252 e. The maximum atomic E-state index is 13.0. The third-order valence-corrected chi connectivity index (χ3v) is 5.35. The van der Waals surface area contributed by atoms with Gasteiger partial charge >= 0.3 is 0 Å². The number of nitrogens with one attached hydrogen (secondary N) is 2. The summed E-state index contributed by atoms with van der Waals surface area (Å²) in [5, 5.41) is 5.67. The van der Waals surface area contributed by atoms with Gasteiger partial charge in [-0.1, -0.05) is 19.9 Å². The topological polar surface area (TPSA) is 97.0 Å². The summed E-state index contributed by atoms with van der Waals surface area (Å²) >= 11 is 0. The predicted octanol–water partition coefficient (Wildman–Crippen LogP) is 3.22. The maximum Gasteiger partial charge on any atom is 0.252 e. The minimum absolute atomic E-state index is 0.0783. The highest BCUT2D eigenvalue weighted by atomic mass is 16.5. The first-order chi connectivity index (χ1) is 15.3. The van der Waals surface area contributed by atoms with Crippen LogP contribution >= 0.6 is 0 Å². The summed E-state index contributed by atoms with van der Waals surface area (Å²) in [6.07, 6.45) is 1.36. The van der Waals surface area contributed by atoms with Crippen molar-refractivity contribution < 1.29 is 23.9 Å². The number of hydrogen-bond donors (Lipinski definition) is 2. The molecular formula is C24H29N3O5. The molecule has 1 saturated heterocycles. The largest absolute Gasteiger partial charge is 0.497 e. The van der Waals surface area contributed by atoms with Gasteiger partial charge in [0, 0.05) is 36.0 Å². The van der Waals surface area contributed by atoms with Gasteiger partial charge in [-0.05, 0) is 42.7 Å². The lowest BCUT2D eigenvalue weighted by Gasteiger charge is -2.23. The molecule has 2 N–H and O–H groups in total. The summed E-state index contributed by atoms with van der Waals surface area (Å²) in [7, 11) is 3.01. The van der Waals surface area contributed by atoms with Crippen LogP contribution in [0.4, 0.5) is 11.4 Å². The van der Waals surface area contributed by atoms with Crippen LogP contribution < -0.4 is 25.0 Å². The van der Waals surface area contributed by atoms with Crippen LogP contribution in [0.25, 0.3) is 0 Å². The molecule has 0 radical (unpaired) electrons. The Labute approximate surface area is 187 Å². The average molecular weight is 440 g/mol. The maximum absolute atomic E-state index is 13.0. The van der Waals surface area contributed by atoms with Crippen molar-refractivity contribution in [3.63, 3.8) is 0 Å². The van der Waals surface area contributed by atoms with Crippen molar-refractivity contribution >= 4 is 29.1 Å². The monoisotopic (exact) mass is 439 g/mol. The second kappa shape index (κ2) is 10.2. The minimum atomic E-state index is -0.767. The molecule has 3 amide bonds. The third-order valence-electron chi connectivity index (χ3n) is 5.35. The molecule has 8 nitrogen and oxygen atoms in total. The van der Waals surface area contributed by atoms with E-state index >= 15 is 0 Å². The summed E-state index contributed by atoms with van der Waals surface area (Å²) in [6, 6.07) is 11.2. The van der Waals surface area contributed by atoms with Gasteiger partial charge in [-0.2, -0.15) is 0 Å². The molecule has 0 aliphatic carbocycles. The second-order valence-corrected chi connectivity index (χ2v) is 7.98. The van der Waals surface area contributed by atoms with Crippen LogP contribution in [-0.4, -0.2) is 44.5 Å². The van der Waals surface area contributed by atoms with E-state index in [0.29, 0.717) is 35.7 Å². The van der Waals surface area contributed by atoms with E-state index < -0.39 is 11.9 Å². The van der Waals surface area contributed by atoms with Gasteiger partial charge < -0.3 is 25.0 Å². The number of nitrogens with zero attached hydrogens (tertiary/aromatic N) is 1. The van der Waals surface area contributed by atoms with Gasteiger partial charge in [-0.3, -0.25) is 14.4 Å². The molecule has 0 spiro atoms. The first kappa shape index (κ1) is 23.1. The fourth-order valence-corrected chi connectivity index (χ4v) is 3.59. The molecule has 3 rings (SSSR count). The molecule has 0 saturated carbocycles. The molecule has 32 heavy (non-hydrogen) atoms. The zero-order valence-corrected chi connectivity index (χ0v) is 18.8. The number of ether oxygens (including phenoxy) is 2. The Morgan fingerprint density at radius 3 is 2.28 bits per heavy atom. The Kier molecular flexibility index (Phi) is 7.35. The first-order valence-corrected chi connectivity index (χ1v) is 10.6. The Bertz CT molecular complexity index is 983. The van der Waals surface area contributed by atoms with Gasteiger partial charge in [0.15, 0.2) is 0 Å². The molecule has 1 aliphatic rings. The zero-order chi connectivity index (χ0) is 23.3. The van der Waals surface area contributed by atoms with Crippen LogP contribution in [0.1, 0.15) is 37.0 Å². The number of carbonyl (C=O) groups excluding carboxylic acids is 3. The standard InChI is InChI=1S/C24H29N3O5/c1-15(2)22(26-23(29)16-11-19(31-3)14-20(12-16)32-4)24(30)25-17-7-5-8-18(13-17)27-10-6-9-21(27)28/h5,7-8,11-15,22H,6,9-10H2,1-4H3,(H,25,30)(H,26,29)/t22-/m0/s1.